The van der Waals surface area contributed by atoms with Gasteiger partial charge in [0.25, 0.3) is 6.29 Å². The normalized spacial score (nSPS) is 10.7. The summed E-state index contributed by atoms with van der Waals surface area (Å²) >= 11 is 0. The Balaban J connectivity index is 3.64. The van der Waals surface area contributed by atoms with Crippen LogP contribution in [0.25, 0.3) is 0 Å². The minimum atomic E-state index is -1.39. The van der Waals surface area contributed by atoms with E-state index >= 15 is 0 Å². The van der Waals surface area contributed by atoms with E-state index in [2.05, 4.69) is 21.3 Å². The van der Waals surface area contributed by atoms with Gasteiger partial charge in [-0.2, -0.15) is 0 Å². The average Bonchev–Trinajstić information content (AvgIpc) is 1.88. The number of rotatable bonds is 1. The van der Waals surface area contributed by atoms with Crippen LogP contribution in [0.3, 0.4) is 0 Å². The molecule has 0 aromatic carbocycles. The summed E-state index contributed by atoms with van der Waals surface area (Å²) in [5.74, 6) is 4.56. The lowest BCUT2D eigenvalue weighted by Crippen LogP contribution is -2.15. The third-order valence-corrected chi connectivity index (χ3v) is 0.642. The van der Waals surface area contributed by atoms with Crippen LogP contribution >= 0.6 is 0 Å². The summed E-state index contributed by atoms with van der Waals surface area (Å²) in [4.78, 5) is 10.2. The fourth-order valence-electron chi connectivity index (χ4n) is 0.292. The van der Waals surface area contributed by atoms with Crippen LogP contribution in [0.15, 0.2) is 0 Å². The Bertz CT molecular complexity index is 164. The van der Waals surface area contributed by atoms with Crippen LogP contribution in [0, 0.1) is 11.8 Å². The molecule has 4 nitrogen and oxygen atoms in total. The minimum Gasteiger partial charge on any atom is -0.438 e. The van der Waals surface area contributed by atoms with Crippen molar-refractivity contribution in [2.45, 2.75) is 13.2 Å². The van der Waals surface area contributed by atoms with Gasteiger partial charge in [-0.15, -0.1) is 5.92 Å². The molecular weight excluding hydrogens is 136 g/mol. The topological polar surface area (TPSA) is 55.8 Å². The summed E-state index contributed by atoms with van der Waals surface area (Å²) in [6.45, 7) is 1.52. The van der Waals surface area contributed by atoms with E-state index in [1.54, 1.807) is 0 Å². The van der Waals surface area contributed by atoms with Crippen LogP contribution in [0.5, 0.6) is 0 Å². The van der Waals surface area contributed by atoms with Crippen molar-refractivity contribution in [3.05, 3.63) is 0 Å². The predicted octanol–water partition coefficient (Wildman–Crippen LogP) is 0.111. The Morgan fingerprint density at radius 3 is 2.70 bits per heavy atom. The molecule has 1 N–H and O–H groups in total. The second-order valence-corrected chi connectivity index (χ2v) is 1.32. The lowest BCUT2D eigenvalue weighted by molar-refractivity contribution is -0.0391. The molecule has 0 bridgehead atoms. The van der Waals surface area contributed by atoms with Gasteiger partial charge < -0.3 is 14.6 Å². The van der Waals surface area contributed by atoms with Gasteiger partial charge >= 0.3 is 6.16 Å². The first-order valence-corrected chi connectivity index (χ1v) is 2.55. The summed E-state index contributed by atoms with van der Waals surface area (Å²) in [6, 6.07) is 0. The van der Waals surface area contributed by atoms with Gasteiger partial charge in [-0.1, -0.05) is 0 Å². The fourth-order valence-corrected chi connectivity index (χ4v) is 0.292. The number of methoxy groups -OCH3 is 1. The molecule has 1 unspecified atom stereocenters. The van der Waals surface area contributed by atoms with Crippen LogP contribution in [-0.2, 0) is 9.47 Å². The second-order valence-electron chi connectivity index (χ2n) is 1.32. The van der Waals surface area contributed by atoms with Crippen molar-refractivity contribution < 1.29 is 19.4 Å². The molecule has 4 heteroatoms. The summed E-state index contributed by atoms with van der Waals surface area (Å²) in [6.07, 6.45) is -2.34. The van der Waals surface area contributed by atoms with Gasteiger partial charge in [-0.3, -0.25) is 0 Å². The van der Waals surface area contributed by atoms with Gasteiger partial charge in [0, 0.05) is 0 Å². The summed E-state index contributed by atoms with van der Waals surface area (Å²) in [7, 11) is 1.15. The molecule has 0 fully saturated rings. The number of hydrogen-bond donors (Lipinski definition) is 1. The number of hydrogen-bond acceptors (Lipinski definition) is 4. The Morgan fingerprint density at radius 2 is 2.30 bits per heavy atom. The number of ether oxygens (including phenoxy) is 2. The average molecular weight is 144 g/mol. The van der Waals surface area contributed by atoms with E-state index in [9.17, 15) is 4.79 Å². The van der Waals surface area contributed by atoms with Crippen molar-refractivity contribution in [2.24, 2.45) is 0 Å². The highest BCUT2D eigenvalue weighted by Gasteiger charge is 2.05. The maximum atomic E-state index is 10.2. The molecule has 0 radical (unpaired) electrons. The molecule has 1 atom stereocenters. The maximum Gasteiger partial charge on any atom is 0.511 e. The van der Waals surface area contributed by atoms with Crippen molar-refractivity contribution >= 4 is 6.16 Å². The third-order valence-electron chi connectivity index (χ3n) is 0.642. The highest BCUT2D eigenvalue weighted by molar-refractivity contribution is 5.59. The maximum absolute atomic E-state index is 10.2. The summed E-state index contributed by atoms with van der Waals surface area (Å²) in [5, 5.41) is 8.65. The lowest BCUT2D eigenvalue weighted by atomic mass is 10.6. The molecule has 0 rings (SSSR count). The quantitative estimate of drug-likeness (QED) is 0.322. The fraction of sp³-hybridized carbons (Fsp3) is 0.500. The van der Waals surface area contributed by atoms with Gasteiger partial charge in [0.1, 0.15) is 0 Å². The van der Waals surface area contributed by atoms with Crippen LogP contribution < -0.4 is 0 Å². The molecule has 0 aromatic rings. The van der Waals surface area contributed by atoms with Gasteiger partial charge in [-0.25, -0.2) is 4.79 Å². The van der Waals surface area contributed by atoms with Crippen LogP contribution in [0.4, 0.5) is 4.79 Å². The van der Waals surface area contributed by atoms with Gasteiger partial charge in [0.15, 0.2) is 0 Å². The smallest absolute Gasteiger partial charge is 0.438 e. The van der Waals surface area contributed by atoms with E-state index in [1.807, 2.05) is 0 Å². The highest BCUT2D eigenvalue weighted by Crippen LogP contribution is 1.87. The molecule has 0 aliphatic carbocycles. The van der Waals surface area contributed by atoms with Gasteiger partial charge in [0.05, 0.1) is 7.11 Å². The molecule has 0 amide bonds. The lowest BCUT2D eigenvalue weighted by Gasteiger charge is -2.02. The van der Waals surface area contributed by atoms with Crippen molar-refractivity contribution in [1.29, 1.82) is 0 Å². The molecular formula is C6H8O4. The highest BCUT2D eigenvalue weighted by atomic mass is 16.8. The van der Waals surface area contributed by atoms with Crippen molar-refractivity contribution in [3.63, 3.8) is 0 Å². The first-order valence-electron chi connectivity index (χ1n) is 2.55. The molecule has 0 spiro atoms. The predicted molar refractivity (Wildman–Crippen MR) is 32.9 cm³/mol. The SMILES string of the molecule is CC#CC(O)OC(=O)OC. The largest absolute Gasteiger partial charge is 0.511 e. The molecule has 0 saturated heterocycles. The minimum absolute atomic E-state index is 0.949. The van der Waals surface area contributed by atoms with Gasteiger partial charge in [0.2, 0.25) is 0 Å². The molecule has 0 heterocycles. The van der Waals surface area contributed by atoms with E-state index in [-0.39, 0.29) is 0 Å². The van der Waals surface area contributed by atoms with E-state index in [0.29, 0.717) is 0 Å². The Labute approximate surface area is 58.7 Å². The zero-order valence-electron chi connectivity index (χ0n) is 5.75. The zero-order chi connectivity index (χ0) is 7.98. The van der Waals surface area contributed by atoms with Crippen LogP contribution in [0.1, 0.15) is 6.92 Å². The summed E-state index contributed by atoms with van der Waals surface area (Å²) < 4.78 is 8.24. The Hall–Kier alpha value is -1.21. The second kappa shape index (κ2) is 4.65. The van der Waals surface area contributed by atoms with E-state index in [1.165, 1.54) is 6.92 Å². The number of aliphatic hydroxyl groups excluding tert-OH is 1. The Kier molecular flexibility index (Phi) is 4.09. The molecule has 0 aliphatic rings. The standard InChI is InChI=1S/C6H8O4/c1-3-4-5(7)10-6(8)9-2/h5,7H,1-2H3. The molecule has 0 aliphatic heterocycles. The van der Waals surface area contributed by atoms with E-state index < -0.39 is 12.4 Å². The van der Waals surface area contributed by atoms with Gasteiger partial charge in [-0.05, 0) is 12.8 Å². The first-order chi connectivity index (χ1) is 4.70. The van der Waals surface area contributed by atoms with Crippen molar-refractivity contribution in [3.8, 4) is 11.8 Å². The molecule has 0 aromatic heterocycles. The monoisotopic (exact) mass is 144 g/mol. The van der Waals surface area contributed by atoms with Crippen molar-refractivity contribution in [1.82, 2.24) is 0 Å². The number of aliphatic hydroxyl groups is 1. The summed E-state index contributed by atoms with van der Waals surface area (Å²) in [5.41, 5.74) is 0. The molecule has 56 valence electrons. The van der Waals surface area contributed by atoms with E-state index in [4.69, 9.17) is 5.11 Å². The van der Waals surface area contributed by atoms with Crippen molar-refractivity contribution in [2.75, 3.05) is 7.11 Å². The zero-order valence-corrected chi connectivity index (χ0v) is 5.75. The first kappa shape index (κ1) is 8.79. The molecule has 10 heavy (non-hydrogen) atoms. The number of carbonyl (C=O) groups excluding carboxylic acids is 1. The third kappa shape index (κ3) is 3.75. The molecule has 0 saturated carbocycles. The number of carbonyl (C=O) groups is 1. The van der Waals surface area contributed by atoms with Crippen LogP contribution in [-0.4, -0.2) is 24.7 Å². The van der Waals surface area contributed by atoms with E-state index in [0.717, 1.165) is 7.11 Å². The van der Waals surface area contributed by atoms with Crippen LogP contribution in [0.2, 0.25) is 0 Å². The Morgan fingerprint density at radius 1 is 1.70 bits per heavy atom.